The standard InChI is InChI=1S/C21H23F2N3O2.C2H4/c22-16-4-1-3-15(13-16)18-5-2-10-26(18)20(27)21(28)7-11-25(12-8-21)19-14-17(23)6-9-24-19;1-2/h1,3-4,6,9,13-14,18,28H,2,5,7-8,10-12H2;1-2H2/t18-;/m0./s1. The summed E-state index contributed by atoms with van der Waals surface area (Å²) >= 11 is 0. The zero-order valence-electron chi connectivity index (χ0n) is 16.9. The average Bonchev–Trinajstić information content (AvgIpc) is 3.25. The summed E-state index contributed by atoms with van der Waals surface area (Å²) in [4.78, 5) is 20.9. The summed E-state index contributed by atoms with van der Waals surface area (Å²) in [6.07, 6.45) is 3.48. The molecule has 5 nitrogen and oxygen atoms in total. The van der Waals surface area contributed by atoms with Crippen molar-refractivity contribution in [2.75, 3.05) is 24.5 Å². The number of nitrogens with zero attached hydrogens (tertiary/aromatic N) is 3. The molecule has 2 aliphatic rings. The van der Waals surface area contributed by atoms with Gasteiger partial charge in [0.25, 0.3) is 5.91 Å². The number of piperidine rings is 1. The highest BCUT2D eigenvalue weighted by molar-refractivity contribution is 5.86. The number of hydrogen-bond acceptors (Lipinski definition) is 4. The number of hydrogen-bond donors (Lipinski definition) is 1. The molecule has 4 rings (SSSR count). The van der Waals surface area contributed by atoms with Crippen molar-refractivity contribution in [3.63, 3.8) is 0 Å². The first-order valence-corrected chi connectivity index (χ1v) is 10.1. The first kappa shape index (κ1) is 21.9. The SMILES string of the molecule is C=C.O=C(N1CCC[C@H]1c1cccc(F)c1)C1(O)CCN(c2cc(F)ccn2)CC1. The largest absolute Gasteiger partial charge is 0.380 e. The van der Waals surface area contributed by atoms with E-state index in [2.05, 4.69) is 18.1 Å². The fourth-order valence-corrected chi connectivity index (χ4v) is 4.22. The van der Waals surface area contributed by atoms with Gasteiger partial charge in [0.2, 0.25) is 0 Å². The molecule has 2 aliphatic heterocycles. The quantitative estimate of drug-likeness (QED) is 0.774. The summed E-state index contributed by atoms with van der Waals surface area (Å²) in [6.45, 7) is 7.38. The number of halogens is 2. The molecule has 1 amide bonds. The smallest absolute Gasteiger partial charge is 0.255 e. The predicted molar refractivity (Wildman–Crippen MR) is 112 cm³/mol. The number of aliphatic hydroxyl groups is 1. The van der Waals surface area contributed by atoms with Crippen LogP contribution in [0, 0.1) is 11.6 Å². The van der Waals surface area contributed by atoms with Gasteiger partial charge in [-0.15, -0.1) is 13.2 Å². The Kier molecular flexibility index (Phi) is 6.82. The Labute approximate surface area is 175 Å². The molecule has 1 N–H and O–H groups in total. The van der Waals surface area contributed by atoms with Gasteiger partial charge in [0, 0.05) is 44.7 Å². The van der Waals surface area contributed by atoms with E-state index in [0.717, 1.165) is 18.4 Å². The molecule has 7 heteroatoms. The van der Waals surface area contributed by atoms with Crippen LogP contribution < -0.4 is 4.90 Å². The highest BCUT2D eigenvalue weighted by Crippen LogP contribution is 2.36. The van der Waals surface area contributed by atoms with Crippen molar-refractivity contribution < 1.29 is 18.7 Å². The number of carbonyl (C=O) groups is 1. The van der Waals surface area contributed by atoms with Crippen LogP contribution in [0.2, 0.25) is 0 Å². The number of benzene rings is 1. The van der Waals surface area contributed by atoms with Crippen LogP contribution in [0.3, 0.4) is 0 Å². The van der Waals surface area contributed by atoms with Gasteiger partial charge in [0.05, 0.1) is 6.04 Å². The molecule has 160 valence electrons. The van der Waals surface area contributed by atoms with Crippen molar-refractivity contribution in [1.82, 2.24) is 9.88 Å². The van der Waals surface area contributed by atoms with Crippen LogP contribution in [0.5, 0.6) is 0 Å². The molecule has 2 aromatic rings. The predicted octanol–water partition coefficient (Wildman–Crippen LogP) is 3.86. The Bertz CT molecular complexity index is 884. The molecule has 3 heterocycles. The molecular weight excluding hydrogens is 388 g/mol. The first-order valence-electron chi connectivity index (χ1n) is 10.1. The normalized spacial score (nSPS) is 20.4. The van der Waals surface area contributed by atoms with Crippen molar-refractivity contribution in [2.24, 2.45) is 0 Å². The van der Waals surface area contributed by atoms with E-state index < -0.39 is 5.60 Å². The fourth-order valence-electron chi connectivity index (χ4n) is 4.22. The fraction of sp³-hybridized carbons (Fsp3) is 0.391. The molecule has 30 heavy (non-hydrogen) atoms. The molecule has 1 aromatic heterocycles. The third-order valence-electron chi connectivity index (χ3n) is 5.77. The average molecular weight is 415 g/mol. The number of likely N-dealkylation sites (tertiary alicyclic amines) is 1. The van der Waals surface area contributed by atoms with Crippen LogP contribution in [0.4, 0.5) is 14.6 Å². The van der Waals surface area contributed by atoms with Crippen molar-refractivity contribution in [3.8, 4) is 0 Å². The molecular formula is C23H27F2N3O2. The summed E-state index contributed by atoms with van der Waals surface area (Å²) in [7, 11) is 0. The van der Waals surface area contributed by atoms with Gasteiger partial charge < -0.3 is 14.9 Å². The van der Waals surface area contributed by atoms with Crippen LogP contribution >= 0.6 is 0 Å². The number of anilines is 1. The summed E-state index contributed by atoms with van der Waals surface area (Å²) in [5, 5.41) is 11.1. The number of carbonyl (C=O) groups excluding carboxylic acids is 1. The second-order valence-electron chi connectivity index (χ2n) is 7.56. The first-order chi connectivity index (χ1) is 14.5. The monoisotopic (exact) mass is 415 g/mol. The number of aromatic nitrogens is 1. The molecule has 0 radical (unpaired) electrons. The lowest BCUT2D eigenvalue weighted by Gasteiger charge is -2.40. The lowest BCUT2D eigenvalue weighted by Crippen LogP contribution is -2.55. The van der Waals surface area contributed by atoms with E-state index in [1.807, 2.05) is 11.0 Å². The van der Waals surface area contributed by atoms with E-state index in [4.69, 9.17) is 0 Å². The van der Waals surface area contributed by atoms with Crippen LogP contribution in [0.15, 0.2) is 55.8 Å². The van der Waals surface area contributed by atoms with Gasteiger partial charge in [-0.05, 0) is 36.6 Å². The zero-order valence-corrected chi connectivity index (χ0v) is 16.9. The van der Waals surface area contributed by atoms with Gasteiger partial charge in [0.1, 0.15) is 23.1 Å². The lowest BCUT2D eigenvalue weighted by molar-refractivity contribution is -0.154. The summed E-state index contributed by atoms with van der Waals surface area (Å²) in [5.74, 6) is -0.484. The molecule has 1 atom stereocenters. The van der Waals surface area contributed by atoms with Crippen LogP contribution in [-0.2, 0) is 4.79 Å². The number of rotatable bonds is 3. The van der Waals surface area contributed by atoms with E-state index in [1.54, 1.807) is 11.0 Å². The maximum absolute atomic E-state index is 13.6. The van der Waals surface area contributed by atoms with Gasteiger partial charge in [-0.1, -0.05) is 12.1 Å². The molecule has 0 aliphatic carbocycles. The summed E-state index contributed by atoms with van der Waals surface area (Å²) in [5.41, 5.74) is -0.699. The Hall–Kier alpha value is -2.80. The van der Waals surface area contributed by atoms with Crippen LogP contribution in [-0.4, -0.2) is 46.1 Å². The van der Waals surface area contributed by atoms with Crippen molar-refractivity contribution >= 4 is 11.7 Å². The van der Waals surface area contributed by atoms with Gasteiger partial charge in [-0.25, -0.2) is 13.8 Å². The maximum atomic E-state index is 13.6. The molecule has 0 spiro atoms. The van der Waals surface area contributed by atoms with E-state index in [9.17, 15) is 18.7 Å². The summed E-state index contributed by atoms with van der Waals surface area (Å²) in [6, 6.07) is 8.73. The molecule has 0 saturated carbocycles. The lowest BCUT2D eigenvalue weighted by atomic mass is 9.89. The van der Waals surface area contributed by atoms with Gasteiger partial charge >= 0.3 is 0 Å². The molecule has 1 aromatic carbocycles. The van der Waals surface area contributed by atoms with Crippen molar-refractivity contribution in [3.05, 3.63) is 73.0 Å². The molecule has 0 bridgehead atoms. The Balaban J connectivity index is 0.00000124. The van der Waals surface area contributed by atoms with Gasteiger partial charge in [-0.3, -0.25) is 4.79 Å². The molecule has 2 saturated heterocycles. The summed E-state index contributed by atoms with van der Waals surface area (Å²) < 4.78 is 27.1. The number of amides is 1. The Morgan fingerprint density at radius 1 is 1.10 bits per heavy atom. The number of pyridine rings is 1. The minimum Gasteiger partial charge on any atom is -0.380 e. The van der Waals surface area contributed by atoms with Crippen molar-refractivity contribution in [2.45, 2.75) is 37.3 Å². The van der Waals surface area contributed by atoms with E-state index in [1.165, 1.54) is 30.5 Å². The second-order valence-corrected chi connectivity index (χ2v) is 7.56. The molecule has 0 unspecified atom stereocenters. The highest BCUT2D eigenvalue weighted by atomic mass is 19.1. The zero-order chi connectivity index (χ0) is 21.7. The Morgan fingerprint density at radius 3 is 2.47 bits per heavy atom. The maximum Gasteiger partial charge on any atom is 0.255 e. The van der Waals surface area contributed by atoms with Gasteiger partial charge in [0.15, 0.2) is 0 Å². The van der Waals surface area contributed by atoms with Crippen LogP contribution in [0.25, 0.3) is 0 Å². The third-order valence-corrected chi connectivity index (χ3v) is 5.77. The topological polar surface area (TPSA) is 56.7 Å². The van der Waals surface area contributed by atoms with E-state index in [-0.39, 0.29) is 36.4 Å². The minimum absolute atomic E-state index is 0.213. The minimum atomic E-state index is -1.46. The Morgan fingerprint density at radius 2 is 1.80 bits per heavy atom. The van der Waals surface area contributed by atoms with Crippen LogP contribution in [0.1, 0.15) is 37.3 Å². The van der Waals surface area contributed by atoms with Gasteiger partial charge in [-0.2, -0.15) is 0 Å². The second kappa shape index (κ2) is 9.34. The molecule has 2 fully saturated rings. The van der Waals surface area contributed by atoms with Crippen molar-refractivity contribution in [1.29, 1.82) is 0 Å². The highest BCUT2D eigenvalue weighted by Gasteiger charge is 2.45. The van der Waals surface area contributed by atoms with E-state index >= 15 is 0 Å². The van der Waals surface area contributed by atoms with E-state index in [0.29, 0.717) is 25.5 Å². The third kappa shape index (κ3) is 4.51.